The van der Waals surface area contributed by atoms with E-state index in [1.54, 1.807) is 0 Å². The van der Waals surface area contributed by atoms with Gasteiger partial charge in [0.1, 0.15) is 11.2 Å². The van der Waals surface area contributed by atoms with E-state index in [0.717, 1.165) is 61.5 Å². The number of para-hydroxylation sites is 2. The maximum Gasteiger partial charge on any atom is 0.162 e. The van der Waals surface area contributed by atoms with E-state index in [2.05, 4.69) is 94.0 Å². The van der Waals surface area contributed by atoms with Gasteiger partial charge >= 0.3 is 0 Å². The molecule has 4 aromatic carbocycles. The predicted octanol–water partition coefficient (Wildman–Crippen LogP) is 8.22. The molecule has 4 heterocycles. The van der Waals surface area contributed by atoms with Crippen LogP contribution in [0, 0.1) is 0 Å². The predicted molar refractivity (Wildman–Crippen MR) is 161 cm³/mol. The lowest BCUT2D eigenvalue weighted by atomic mass is 10.1. The Morgan fingerprint density at radius 3 is 1.90 bits per heavy atom. The second-order valence-corrected chi connectivity index (χ2v) is 9.78. The number of rotatable bonds is 4. The van der Waals surface area contributed by atoms with Crippen molar-refractivity contribution in [2.75, 3.05) is 0 Å². The highest BCUT2D eigenvalue weighted by Crippen LogP contribution is 2.36. The standard InChI is InChI=1S/C35H23N5/c1-3-13-24(14-4-1)28-23-29(25-15-5-2-6-16-25)37-34(36-28)27-18-8-10-20-31(27)40-30-19-9-7-17-26(30)33-35(40)39-22-12-11-21-32(39)38-33/h1-23H. The van der Waals surface area contributed by atoms with E-state index in [1.807, 2.05) is 54.6 Å². The average Bonchev–Trinajstić information content (AvgIpc) is 3.56. The van der Waals surface area contributed by atoms with Crippen LogP contribution < -0.4 is 0 Å². The summed E-state index contributed by atoms with van der Waals surface area (Å²) in [6.45, 7) is 0. The van der Waals surface area contributed by atoms with Crippen molar-refractivity contribution in [1.29, 1.82) is 0 Å². The van der Waals surface area contributed by atoms with Crippen LogP contribution in [0.2, 0.25) is 0 Å². The quantitative estimate of drug-likeness (QED) is 0.238. The van der Waals surface area contributed by atoms with Crippen LogP contribution in [0.3, 0.4) is 0 Å². The zero-order chi connectivity index (χ0) is 26.5. The van der Waals surface area contributed by atoms with Crippen molar-refractivity contribution in [3.63, 3.8) is 0 Å². The molecular weight excluding hydrogens is 490 g/mol. The van der Waals surface area contributed by atoms with Crippen LogP contribution in [0.15, 0.2) is 140 Å². The summed E-state index contributed by atoms with van der Waals surface area (Å²) in [6.07, 6.45) is 2.07. The van der Waals surface area contributed by atoms with Crippen LogP contribution in [0.4, 0.5) is 0 Å². The molecule has 0 bridgehead atoms. The molecule has 0 amide bonds. The van der Waals surface area contributed by atoms with Gasteiger partial charge in [-0.3, -0.25) is 8.97 Å². The van der Waals surface area contributed by atoms with Gasteiger partial charge in [0.2, 0.25) is 0 Å². The molecule has 8 rings (SSSR count). The Hall–Kier alpha value is -5.55. The Labute approximate surface area is 230 Å². The van der Waals surface area contributed by atoms with E-state index >= 15 is 0 Å². The Kier molecular flexibility index (Phi) is 5.07. The number of fused-ring (bicyclic) bond motifs is 5. The van der Waals surface area contributed by atoms with Gasteiger partial charge in [-0.1, -0.05) is 97.1 Å². The Morgan fingerprint density at radius 1 is 0.525 bits per heavy atom. The first-order chi connectivity index (χ1) is 19.8. The van der Waals surface area contributed by atoms with Crippen molar-refractivity contribution in [2.24, 2.45) is 0 Å². The van der Waals surface area contributed by atoms with Crippen LogP contribution in [-0.2, 0) is 0 Å². The summed E-state index contributed by atoms with van der Waals surface area (Å²) in [5, 5.41) is 1.11. The van der Waals surface area contributed by atoms with E-state index in [4.69, 9.17) is 15.0 Å². The molecule has 0 fully saturated rings. The zero-order valence-corrected chi connectivity index (χ0v) is 21.5. The SMILES string of the molecule is c1ccc(-c2cc(-c3ccccc3)nc(-c3ccccc3-n3c4ccccc4c4nc5ccccn5c43)n2)cc1. The molecule has 0 aliphatic heterocycles. The van der Waals surface area contributed by atoms with E-state index in [-0.39, 0.29) is 0 Å². The fourth-order valence-corrected chi connectivity index (χ4v) is 5.54. The Balaban J connectivity index is 1.44. The summed E-state index contributed by atoms with van der Waals surface area (Å²) in [6, 6.07) is 45.6. The maximum absolute atomic E-state index is 5.13. The first-order valence-electron chi connectivity index (χ1n) is 13.3. The molecular formula is C35H23N5. The van der Waals surface area contributed by atoms with Gasteiger partial charge in [-0.05, 0) is 36.4 Å². The van der Waals surface area contributed by atoms with Gasteiger partial charge in [-0.15, -0.1) is 0 Å². The molecule has 0 atom stereocenters. The van der Waals surface area contributed by atoms with Gasteiger partial charge in [-0.25, -0.2) is 15.0 Å². The molecule has 0 saturated heterocycles. The minimum atomic E-state index is 0.676. The van der Waals surface area contributed by atoms with Gasteiger partial charge in [0.25, 0.3) is 0 Å². The molecule has 4 aromatic heterocycles. The van der Waals surface area contributed by atoms with E-state index in [0.29, 0.717) is 5.82 Å². The molecule has 0 spiro atoms. The van der Waals surface area contributed by atoms with Gasteiger partial charge in [-0.2, -0.15) is 0 Å². The zero-order valence-electron chi connectivity index (χ0n) is 21.5. The number of nitrogens with zero attached hydrogens (tertiary/aromatic N) is 5. The summed E-state index contributed by atoms with van der Waals surface area (Å²) >= 11 is 0. The second kappa shape index (κ2) is 9.03. The van der Waals surface area contributed by atoms with Crippen molar-refractivity contribution in [1.82, 2.24) is 23.9 Å². The van der Waals surface area contributed by atoms with Crippen LogP contribution in [-0.4, -0.2) is 23.9 Å². The lowest BCUT2D eigenvalue weighted by molar-refractivity contribution is 1.08. The number of benzene rings is 4. The van der Waals surface area contributed by atoms with Crippen molar-refractivity contribution in [3.8, 4) is 39.6 Å². The Morgan fingerprint density at radius 2 is 1.15 bits per heavy atom. The van der Waals surface area contributed by atoms with Gasteiger partial charge in [0.05, 0.1) is 22.6 Å². The third-order valence-corrected chi connectivity index (χ3v) is 7.37. The largest absolute Gasteiger partial charge is 0.293 e. The van der Waals surface area contributed by atoms with E-state index in [9.17, 15) is 0 Å². The normalized spacial score (nSPS) is 11.5. The first kappa shape index (κ1) is 22.4. The molecule has 188 valence electrons. The molecule has 0 unspecified atom stereocenters. The molecule has 8 aromatic rings. The van der Waals surface area contributed by atoms with Crippen molar-refractivity contribution in [3.05, 3.63) is 140 Å². The fraction of sp³-hybridized carbons (Fsp3) is 0. The molecule has 0 N–H and O–H groups in total. The average molecular weight is 514 g/mol. The van der Waals surface area contributed by atoms with Crippen molar-refractivity contribution >= 4 is 27.7 Å². The lowest BCUT2D eigenvalue weighted by Crippen LogP contribution is -2.02. The van der Waals surface area contributed by atoms with Gasteiger partial charge in [0.15, 0.2) is 11.5 Å². The summed E-state index contributed by atoms with van der Waals surface area (Å²) in [4.78, 5) is 15.3. The van der Waals surface area contributed by atoms with E-state index in [1.165, 1.54) is 0 Å². The summed E-state index contributed by atoms with van der Waals surface area (Å²) < 4.78 is 4.45. The highest BCUT2D eigenvalue weighted by atomic mass is 15.2. The highest BCUT2D eigenvalue weighted by Gasteiger charge is 2.21. The van der Waals surface area contributed by atoms with Crippen LogP contribution in [0.25, 0.3) is 67.3 Å². The number of hydrogen-bond acceptors (Lipinski definition) is 3. The summed E-state index contributed by atoms with van der Waals surface area (Å²) in [7, 11) is 0. The van der Waals surface area contributed by atoms with Crippen molar-refractivity contribution < 1.29 is 0 Å². The van der Waals surface area contributed by atoms with Crippen molar-refractivity contribution in [2.45, 2.75) is 0 Å². The summed E-state index contributed by atoms with van der Waals surface area (Å²) in [5.74, 6) is 0.676. The number of hydrogen-bond donors (Lipinski definition) is 0. The Bertz CT molecular complexity index is 2090. The van der Waals surface area contributed by atoms with Gasteiger partial charge < -0.3 is 0 Å². The third kappa shape index (κ3) is 3.52. The first-order valence-corrected chi connectivity index (χ1v) is 13.3. The maximum atomic E-state index is 5.13. The monoisotopic (exact) mass is 513 g/mol. The molecule has 5 nitrogen and oxygen atoms in total. The van der Waals surface area contributed by atoms with E-state index < -0.39 is 0 Å². The van der Waals surface area contributed by atoms with Crippen LogP contribution in [0.5, 0.6) is 0 Å². The molecule has 0 aliphatic rings. The van der Waals surface area contributed by atoms with Gasteiger partial charge in [0, 0.05) is 28.3 Å². The molecule has 0 aliphatic carbocycles. The minimum Gasteiger partial charge on any atom is -0.293 e. The number of aromatic nitrogens is 5. The molecule has 0 radical (unpaired) electrons. The smallest absolute Gasteiger partial charge is 0.162 e. The number of pyridine rings is 1. The second-order valence-electron chi connectivity index (χ2n) is 9.78. The fourth-order valence-electron chi connectivity index (χ4n) is 5.54. The topological polar surface area (TPSA) is 48.0 Å². The highest BCUT2D eigenvalue weighted by molar-refractivity contribution is 6.08. The minimum absolute atomic E-state index is 0.676. The van der Waals surface area contributed by atoms with Crippen LogP contribution >= 0.6 is 0 Å². The van der Waals surface area contributed by atoms with Crippen LogP contribution in [0.1, 0.15) is 0 Å². The lowest BCUT2D eigenvalue weighted by Gasteiger charge is -2.15. The molecule has 0 saturated carbocycles. The number of imidazole rings is 1. The molecule has 5 heteroatoms. The summed E-state index contributed by atoms with van der Waals surface area (Å²) in [5.41, 5.74) is 9.83. The third-order valence-electron chi connectivity index (χ3n) is 7.37. The molecule has 40 heavy (non-hydrogen) atoms.